The number of guanidine groups is 1. The summed E-state index contributed by atoms with van der Waals surface area (Å²) in [6.45, 7) is 6.53. The fourth-order valence-electron chi connectivity index (χ4n) is 3.20. The second-order valence-corrected chi connectivity index (χ2v) is 6.92. The number of halogens is 1. The molecule has 1 atom stereocenters. The highest BCUT2D eigenvalue weighted by molar-refractivity contribution is 5.79. The molecule has 2 aromatic carbocycles. The fraction of sp³-hybridized carbons (Fsp3) is 0.409. The Bertz CT molecular complexity index is 792. The van der Waals surface area contributed by atoms with Crippen LogP contribution in [0, 0.1) is 5.82 Å². The van der Waals surface area contributed by atoms with Crippen LogP contribution in [-0.4, -0.2) is 52.0 Å². The molecule has 1 aliphatic heterocycles. The molecule has 2 N–H and O–H groups in total. The van der Waals surface area contributed by atoms with Crippen LogP contribution in [0.4, 0.5) is 10.1 Å². The van der Waals surface area contributed by atoms with Crippen LogP contribution in [0.15, 0.2) is 53.5 Å². The minimum Gasteiger partial charge on any atom is -0.489 e. The summed E-state index contributed by atoms with van der Waals surface area (Å²) < 4.78 is 24.3. The molecule has 0 radical (unpaired) electrons. The van der Waals surface area contributed by atoms with Gasteiger partial charge in [0, 0.05) is 32.4 Å². The zero-order valence-electron chi connectivity index (χ0n) is 17.0. The maximum atomic E-state index is 13.0. The number of anilines is 1. The lowest BCUT2D eigenvalue weighted by Gasteiger charge is -2.30. The molecule has 2 aromatic rings. The molecule has 7 heteroatoms. The Morgan fingerprint density at radius 1 is 1.14 bits per heavy atom. The molecule has 1 unspecified atom stereocenters. The Labute approximate surface area is 171 Å². The molecule has 3 rings (SSSR count). The highest BCUT2D eigenvalue weighted by Crippen LogP contribution is 2.21. The first-order valence-corrected chi connectivity index (χ1v) is 9.93. The Balaban J connectivity index is 1.50. The lowest BCUT2D eigenvalue weighted by atomic mass is 10.1. The Morgan fingerprint density at radius 3 is 2.59 bits per heavy atom. The monoisotopic (exact) mass is 400 g/mol. The first-order chi connectivity index (χ1) is 14.2. The summed E-state index contributed by atoms with van der Waals surface area (Å²) in [4.78, 5) is 6.65. The van der Waals surface area contributed by atoms with Crippen molar-refractivity contribution in [1.29, 1.82) is 0 Å². The molecule has 6 nitrogen and oxygen atoms in total. The molecule has 29 heavy (non-hydrogen) atoms. The maximum Gasteiger partial charge on any atom is 0.191 e. The number of nitrogens with one attached hydrogen (secondary N) is 2. The number of ether oxygens (including phenoxy) is 2. The Morgan fingerprint density at radius 2 is 1.86 bits per heavy atom. The van der Waals surface area contributed by atoms with Crippen LogP contribution in [0.2, 0.25) is 0 Å². The third kappa shape index (κ3) is 6.35. The minimum absolute atomic E-state index is 0.0975. The van der Waals surface area contributed by atoms with E-state index in [1.807, 2.05) is 6.92 Å². The van der Waals surface area contributed by atoms with Gasteiger partial charge in [-0.25, -0.2) is 4.39 Å². The first kappa shape index (κ1) is 20.9. The smallest absolute Gasteiger partial charge is 0.191 e. The van der Waals surface area contributed by atoms with E-state index in [1.54, 1.807) is 19.2 Å². The fourth-order valence-corrected chi connectivity index (χ4v) is 3.20. The van der Waals surface area contributed by atoms with Crippen molar-refractivity contribution in [2.75, 3.05) is 44.8 Å². The Kier molecular flexibility index (Phi) is 7.69. The normalized spacial score (nSPS) is 15.7. The predicted molar refractivity (Wildman–Crippen MR) is 114 cm³/mol. The van der Waals surface area contributed by atoms with E-state index in [0.717, 1.165) is 26.3 Å². The van der Waals surface area contributed by atoms with Crippen LogP contribution >= 0.6 is 0 Å². The molecule has 1 saturated heterocycles. The highest BCUT2D eigenvalue weighted by atomic mass is 19.1. The molecule has 0 aliphatic carbocycles. The van der Waals surface area contributed by atoms with Gasteiger partial charge in [0.05, 0.1) is 19.8 Å². The van der Waals surface area contributed by atoms with Gasteiger partial charge < -0.3 is 25.0 Å². The van der Waals surface area contributed by atoms with Gasteiger partial charge >= 0.3 is 0 Å². The van der Waals surface area contributed by atoms with E-state index in [2.05, 4.69) is 44.8 Å². The zero-order valence-corrected chi connectivity index (χ0v) is 17.0. The molecular weight excluding hydrogens is 371 g/mol. The number of nitrogens with zero attached hydrogens (tertiary/aromatic N) is 2. The minimum atomic E-state index is -0.273. The lowest BCUT2D eigenvalue weighted by molar-refractivity contribution is 0.122. The van der Waals surface area contributed by atoms with Crippen LogP contribution in [0.3, 0.4) is 0 Å². The molecule has 0 saturated carbocycles. The summed E-state index contributed by atoms with van der Waals surface area (Å²) >= 11 is 0. The molecule has 156 valence electrons. The van der Waals surface area contributed by atoms with Crippen molar-refractivity contribution < 1.29 is 13.9 Å². The second-order valence-electron chi connectivity index (χ2n) is 6.92. The zero-order chi connectivity index (χ0) is 20.5. The summed E-state index contributed by atoms with van der Waals surface area (Å²) in [5.74, 6) is 1.07. The van der Waals surface area contributed by atoms with Gasteiger partial charge in [-0.1, -0.05) is 18.2 Å². The maximum absolute atomic E-state index is 13.0. The standard InChI is InChI=1S/C22H29FN4O2/c1-17(29-20-9-7-19(23)8-10-20)15-25-22(24-2)26-16-18-5-3-4-6-21(18)27-11-13-28-14-12-27/h3-10,17H,11-16H2,1-2H3,(H2,24,25,26). The average Bonchev–Trinajstić information content (AvgIpc) is 2.76. The van der Waals surface area contributed by atoms with Crippen molar-refractivity contribution >= 4 is 11.6 Å². The van der Waals surface area contributed by atoms with Gasteiger partial charge in [-0.2, -0.15) is 0 Å². The van der Waals surface area contributed by atoms with E-state index in [9.17, 15) is 4.39 Å². The number of benzene rings is 2. The van der Waals surface area contributed by atoms with Crippen molar-refractivity contribution in [2.24, 2.45) is 4.99 Å². The number of hydrogen-bond acceptors (Lipinski definition) is 4. The lowest BCUT2D eigenvalue weighted by Crippen LogP contribution is -2.42. The second kappa shape index (κ2) is 10.7. The molecule has 1 fully saturated rings. The first-order valence-electron chi connectivity index (χ1n) is 9.93. The number of para-hydroxylation sites is 1. The van der Waals surface area contributed by atoms with Crippen LogP contribution in [-0.2, 0) is 11.3 Å². The van der Waals surface area contributed by atoms with Crippen LogP contribution in [0.25, 0.3) is 0 Å². The third-order valence-corrected chi connectivity index (χ3v) is 4.72. The van der Waals surface area contributed by atoms with Crippen molar-refractivity contribution in [1.82, 2.24) is 10.6 Å². The van der Waals surface area contributed by atoms with E-state index in [0.29, 0.717) is 24.8 Å². The van der Waals surface area contributed by atoms with E-state index < -0.39 is 0 Å². The van der Waals surface area contributed by atoms with Gasteiger partial charge in [0.15, 0.2) is 5.96 Å². The average molecular weight is 400 g/mol. The quantitative estimate of drug-likeness (QED) is 0.553. The molecule has 1 heterocycles. The molecule has 1 aliphatic rings. The summed E-state index contributed by atoms with van der Waals surface area (Å²) in [6.07, 6.45) is -0.0975. The van der Waals surface area contributed by atoms with Gasteiger partial charge in [-0.15, -0.1) is 0 Å². The van der Waals surface area contributed by atoms with Gasteiger partial charge in [-0.05, 0) is 42.8 Å². The summed E-state index contributed by atoms with van der Waals surface area (Å²) in [5.41, 5.74) is 2.44. The number of aliphatic imine (C=N–C) groups is 1. The van der Waals surface area contributed by atoms with Gasteiger partial charge in [0.25, 0.3) is 0 Å². The van der Waals surface area contributed by atoms with E-state index >= 15 is 0 Å². The third-order valence-electron chi connectivity index (χ3n) is 4.72. The predicted octanol–water partition coefficient (Wildman–Crippen LogP) is 2.79. The highest BCUT2D eigenvalue weighted by Gasteiger charge is 2.14. The molecular formula is C22H29FN4O2. The number of hydrogen-bond donors (Lipinski definition) is 2. The summed E-state index contributed by atoms with van der Waals surface area (Å²) in [6, 6.07) is 14.4. The SMILES string of the molecule is CN=C(NCc1ccccc1N1CCOCC1)NCC(C)Oc1ccc(F)cc1. The number of morpholine rings is 1. The summed E-state index contributed by atoms with van der Waals surface area (Å²) in [7, 11) is 1.74. The van der Waals surface area contributed by atoms with Gasteiger partial charge in [-0.3, -0.25) is 4.99 Å². The van der Waals surface area contributed by atoms with Crippen molar-refractivity contribution in [2.45, 2.75) is 19.6 Å². The molecule has 0 amide bonds. The molecule has 0 bridgehead atoms. The van der Waals surface area contributed by atoms with Crippen LogP contribution in [0.1, 0.15) is 12.5 Å². The van der Waals surface area contributed by atoms with Crippen molar-refractivity contribution in [3.63, 3.8) is 0 Å². The largest absolute Gasteiger partial charge is 0.489 e. The van der Waals surface area contributed by atoms with Crippen molar-refractivity contribution in [3.05, 3.63) is 59.9 Å². The van der Waals surface area contributed by atoms with E-state index in [1.165, 1.54) is 23.4 Å². The van der Waals surface area contributed by atoms with E-state index in [-0.39, 0.29) is 11.9 Å². The summed E-state index contributed by atoms with van der Waals surface area (Å²) in [5, 5.41) is 6.64. The Hall–Kier alpha value is -2.80. The van der Waals surface area contributed by atoms with Crippen LogP contribution < -0.4 is 20.3 Å². The van der Waals surface area contributed by atoms with Crippen LogP contribution in [0.5, 0.6) is 5.75 Å². The van der Waals surface area contributed by atoms with Crippen molar-refractivity contribution in [3.8, 4) is 5.75 Å². The van der Waals surface area contributed by atoms with Gasteiger partial charge in [0.2, 0.25) is 0 Å². The molecule has 0 aromatic heterocycles. The van der Waals surface area contributed by atoms with E-state index in [4.69, 9.17) is 9.47 Å². The number of rotatable bonds is 7. The van der Waals surface area contributed by atoms with Gasteiger partial charge in [0.1, 0.15) is 17.7 Å². The molecule has 0 spiro atoms. The topological polar surface area (TPSA) is 58.1 Å².